The highest BCUT2D eigenvalue weighted by Gasteiger charge is 2.38. The Bertz CT molecular complexity index is 1030. The highest BCUT2D eigenvalue weighted by molar-refractivity contribution is 6.47. The third kappa shape index (κ3) is 6.98. The van der Waals surface area contributed by atoms with E-state index in [4.69, 9.17) is 14.1 Å². The van der Waals surface area contributed by atoms with Crippen molar-refractivity contribution in [3.63, 3.8) is 0 Å². The molecule has 1 atom stereocenters. The van der Waals surface area contributed by atoms with E-state index in [9.17, 15) is 32.6 Å². The average Bonchev–Trinajstić information content (AvgIpc) is 2.78. The molecule has 1 aliphatic rings. The van der Waals surface area contributed by atoms with Crippen LogP contribution in [0, 0.1) is 0 Å². The summed E-state index contributed by atoms with van der Waals surface area (Å²) in [5, 5.41) is 12.7. The number of amides is 1. The number of esters is 2. The zero-order valence-electron chi connectivity index (χ0n) is 17.8. The molecule has 0 radical (unpaired) electrons. The largest absolute Gasteiger partial charge is 0.547 e. The van der Waals surface area contributed by atoms with Crippen LogP contribution in [0.1, 0.15) is 45.5 Å². The van der Waals surface area contributed by atoms with E-state index in [-0.39, 0.29) is 36.1 Å². The maximum absolute atomic E-state index is 12.5. The second-order valence-corrected chi connectivity index (χ2v) is 7.50. The molecule has 2 aromatic carbocycles. The predicted octanol–water partition coefficient (Wildman–Crippen LogP) is 2.83. The molecule has 12 heteroatoms. The van der Waals surface area contributed by atoms with E-state index in [2.05, 4.69) is 5.32 Å². The van der Waals surface area contributed by atoms with E-state index in [0.717, 1.165) is 0 Å². The summed E-state index contributed by atoms with van der Waals surface area (Å²) in [5.41, 5.74) is 0.734. The number of para-hydroxylation sites is 1. The van der Waals surface area contributed by atoms with Crippen molar-refractivity contribution in [3.8, 4) is 5.75 Å². The number of carbonyl (C=O) groups excluding carboxylic acids is 3. The number of benzene rings is 2. The van der Waals surface area contributed by atoms with Crippen molar-refractivity contribution in [3.05, 3.63) is 65.2 Å². The van der Waals surface area contributed by atoms with E-state index >= 15 is 0 Å². The molecule has 34 heavy (non-hydrogen) atoms. The summed E-state index contributed by atoms with van der Waals surface area (Å²) in [6.45, 7) is -0.643. The smallest absolute Gasteiger partial charge is 0.534 e. The zero-order chi connectivity index (χ0) is 24.7. The number of rotatable bonds is 8. The number of nitrogens with one attached hydrogen (secondary N) is 1. The lowest BCUT2D eigenvalue weighted by Crippen LogP contribution is -2.53. The van der Waals surface area contributed by atoms with Crippen molar-refractivity contribution in [2.24, 2.45) is 0 Å². The zero-order valence-corrected chi connectivity index (χ0v) is 17.8. The van der Waals surface area contributed by atoms with Gasteiger partial charge in [-0.2, -0.15) is 13.2 Å². The minimum absolute atomic E-state index is 0.0257. The second-order valence-electron chi connectivity index (χ2n) is 7.50. The second kappa shape index (κ2) is 11.1. The van der Waals surface area contributed by atoms with Crippen LogP contribution >= 0.6 is 0 Å². The van der Waals surface area contributed by atoms with Gasteiger partial charge < -0.3 is 24.5 Å². The van der Waals surface area contributed by atoms with Crippen LogP contribution in [0.4, 0.5) is 13.2 Å². The van der Waals surface area contributed by atoms with Gasteiger partial charge in [0.15, 0.2) is 0 Å². The van der Waals surface area contributed by atoms with Crippen LogP contribution in [0.25, 0.3) is 0 Å². The van der Waals surface area contributed by atoms with E-state index in [1.54, 1.807) is 36.4 Å². The summed E-state index contributed by atoms with van der Waals surface area (Å²) in [5.74, 6) is -3.07. The topological polar surface area (TPSA) is 111 Å². The Morgan fingerprint density at radius 3 is 2.47 bits per heavy atom. The van der Waals surface area contributed by atoms with Crippen molar-refractivity contribution < 1.29 is 46.7 Å². The Morgan fingerprint density at radius 1 is 1.06 bits per heavy atom. The van der Waals surface area contributed by atoms with Crippen molar-refractivity contribution in [2.45, 2.75) is 37.8 Å². The first-order valence-electron chi connectivity index (χ1n) is 10.4. The molecular formula is C22H21BF3NO7. The first kappa shape index (κ1) is 25.1. The van der Waals surface area contributed by atoms with Gasteiger partial charge in [0.05, 0.1) is 11.5 Å². The molecule has 1 unspecified atom stereocenters. The minimum atomic E-state index is -4.35. The third-order valence-electron chi connectivity index (χ3n) is 4.94. The van der Waals surface area contributed by atoms with Gasteiger partial charge in [-0.15, -0.1) is 0 Å². The summed E-state index contributed by atoms with van der Waals surface area (Å²) in [6, 6.07) is 12.7. The van der Waals surface area contributed by atoms with Gasteiger partial charge in [0, 0.05) is 12.8 Å². The van der Waals surface area contributed by atoms with Crippen LogP contribution in [0.3, 0.4) is 0 Å². The molecule has 1 heterocycles. The molecule has 8 nitrogen and oxygen atoms in total. The molecular weight excluding hydrogens is 458 g/mol. The van der Waals surface area contributed by atoms with Crippen molar-refractivity contribution in [2.75, 3.05) is 6.79 Å². The van der Waals surface area contributed by atoms with Gasteiger partial charge in [-0.05, 0) is 36.6 Å². The molecule has 0 saturated heterocycles. The number of carbonyl (C=O) groups is 3. The van der Waals surface area contributed by atoms with Gasteiger partial charge in [-0.25, -0.2) is 9.59 Å². The SMILES string of the molecule is O=C(CCCC(F)(F)F)NC1Cc2cccc(C(=O)OCOC(=O)c3ccccc3)c2OB1O. The molecule has 180 valence electrons. The number of alkyl halides is 3. The number of fused-ring (bicyclic) bond motifs is 1. The van der Waals surface area contributed by atoms with Gasteiger partial charge in [0.1, 0.15) is 11.3 Å². The molecule has 2 N–H and O–H groups in total. The predicted molar refractivity (Wildman–Crippen MR) is 113 cm³/mol. The number of hydrogen-bond acceptors (Lipinski definition) is 7. The number of halogens is 3. The fraction of sp³-hybridized carbons (Fsp3) is 0.318. The summed E-state index contributed by atoms with van der Waals surface area (Å²) < 4.78 is 52.0. The van der Waals surface area contributed by atoms with Gasteiger partial charge in [-0.3, -0.25) is 4.79 Å². The first-order chi connectivity index (χ1) is 16.1. The van der Waals surface area contributed by atoms with E-state index in [1.165, 1.54) is 12.1 Å². The van der Waals surface area contributed by atoms with Crippen LogP contribution < -0.4 is 9.97 Å². The quantitative estimate of drug-likeness (QED) is 0.340. The van der Waals surface area contributed by atoms with Gasteiger partial charge in [-0.1, -0.05) is 30.3 Å². The molecule has 0 aliphatic carbocycles. The molecule has 2 aromatic rings. The molecule has 3 rings (SSSR count). The number of hydrogen-bond donors (Lipinski definition) is 2. The minimum Gasteiger partial charge on any atom is -0.534 e. The Hall–Kier alpha value is -3.54. The molecule has 1 aliphatic heterocycles. The lowest BCUT2D eigenvalue weighted by Gasteiger charge is -2.29. The third-order valence-corrected chi connectivity index (χ3v) is 4.94. The van der Waals surface area contributed by atoms with Gasteiger partial charge in [0.2, 0.25) is 12.7 Å². The van der Waals surface area contributed by atoms with Crippen molar-refractivity contribution in [1.29, 1.82) is 0 Å². The molecule has 0 fully saturated rings. The Morgan fingerprint density at radius 2 is 1.76 bits per heavy atom. The molecule has 0 aromatic heterocycles. The molecule has 0 bridgehead atoms. The number of ether oxygens (including phenoxy) is 2. The van der Waals surface area contributed by atoms with Crippen LogP contribution in [0.5, 0.6) is 5.75 Å². The average molecular weight is 479 g/mol. The van der Waals surface area contributed by atoms with Crippen LogP contribution in [0.15, 0.2) is 48.5 Å². The van der Waals surface area contributed by atoms with Crippen molar-refractivity contribution in [1.82, 2.24) is 5.32 Å². The molecule has 1 amide bonds. The summed E-state index contributed by atoms with van der Waals surface area (Å²) >= 11 is 0. The Labute approximate surface area is 193 Å². The summed E-state index contributed by atoms with van der Waals surface area (Å²) in [6.07, 6.45) is -6.09. The highest BCUT2D eigenvalue weighted by atomic mass is 19.4. The normalized spacial score (nSPS) is 15.1. The maximum atomic E-state index is 12.5. The fourth-order valence-electron chi connectivity index (χ4n) is 3.31. The van der Waals surface area contributed by atoms with Gasteiger partial charge in [0.25, 0.3) is 0 Å². The van der Waals surface area contributed by atoms with Crippen LogP contribution in [-0.2, 0) is 20.7 Å². The summed E-state index contributed by atoms with van der Waals surface area (Å²) in [4.78, 5) is 36.3. The van der Waals surface area contributed by atoms with Crippen molar-refractivity contribution >= 4 is 25.0 Å². The standard InChI is InChI=1S/C22H21BF3NO7/c24-22(25,26)11-5-10-18(28)27-17-12-15-8-4-9-16(19(15)34-23(17)31)21(30)33-13-32-20(29)14-6-2-1-3-7-14/h1-4,6-9,17,31H,5,10-13H2,(H,27,28). The van der Waals surface area contributed by atoms with E-state index in [1.807, 2.05) is 0 Å². The van der Waals surface area contributed by atoms with Gasteiger partial charge >= 0.3 is 25.2 Å². The fourth-order valence-corrected chi connectivity index (χ4v) is 3.31. The van der Waals surface area contributed by atoms with Crippen LogP contribution in [0.2, 0.25) is 0 Å². The first-order valence-corrected chi connectivity index (χ1v) is 10.4. The monoisotopic (exact) mass is 479 g/mol. The highest BCUT2D eigenvalue weighted by Crippen LogP contribution is 2.31. The maximum Gasteiger partial charge on any atom is 0.547 e. The molecule has 0 saturated carbocycles. The molecule has 0 spiro atoms. The van der Waals surface area contributed by atoms with E-state index in [0.29, 0.717) is 5.56 Å². The lowest BCUT2D eigenvalue weighted by molar-refractivity contribution is -0.137. The summed E-state index contributed by atoms with van der Waals surface area (Å²) in [7, 11) is -1.54. The van der Waals surface area contributed by atoms with Crippen LogP contribution in [-0.4, -0.2) is 48.9 Å². The Kier molecular flexibility index (Phi) is 8.16. The van der Waals surface area contributed by atoms with E-state index < -0.39 is 50.3 Å². The Balaban J connectivity index is 1.55. The lowest BCUT2D eigenvalue weighted by atomic mass is 9.72.